The van der Waals surface area contributed by atoms with Gasteiger partial charge in [-0.3, -0.25) is 0 Å². The molecule has 0 bridgehead atoms. The number of hydrogen-bond acceptors (Lipinski definition) is 1. The molecule has 1 atom stereocenters. The minimum atomic E-state index is 0.117. The van der Waals surface area contributed by atoms with Gasteiger partial charge in [-0.15, -0.1) is 0 Å². The van der Waals surface area contributed by atoms with E-state index in [1.807, 2.05) is 6.92 Å². The van der Waals surface area contributed by atoms with E-state index in [4.69, 9.17) is 11.3 Å². The molecule has 1 aliphatic rings. The molecule has 1 heterocycles. The summed E-state index contributed by atoms with van der Waals surface area (Å²) in [5, 5.41) is 0. The molecule has 0 aromatic rings. The molecule has 0 radical (unpaired) electrons. The Morgan fingerprint density at radius 1 is 1.67 bits per heavy atom. The first-order valence-electron chi connectivity index (χ1n) is 3.13. The Hall–Kier alpha value is -0.550. The summed E-state index contributed by atoms with van der Waals surface area (Å²) in [6.45, 7) is 12.3. The van der Waals surface area contributed by atoms with Crippen LogP contribution in [0.5, 0.6) is 0 Å². The predicted molar refractivity (Wildman–Crippen MR) is 35.0 cm³/mol. The molecule has 0 aromatic carbocycles. The zero-order valence-corrected chi connectivity index (χ0v) is 5.85. The average Bonchev–Trinajstić information content (AvgIpc) is 1.81. The number of nitrogens with zero attached hydrogens (tertiary/aromatic N) is 1. The van der Waals surface area contributed by atoms with Gasteiger partial charge in [0.1, 0.15) is 0 Å². The fraction of sp³-hybridized carbons (Fsp3) is 0.857. The average molecular weight is 125 g/mol. The first kappa shape index (κ1) is 6.57. The lowest BCUT2D eigenvalue weighted by molar-refractivity contribution is -0.106. The van der Waals surface area contributed by atoms with Crippen molar-refractivity contribution in [3.63, 3.8) is 0 Å². The highest BCUT2D eigenvalue weighted by atomic mass is 16.5. The van der Waals surface area contributed by atoms with Crippen LogP contribution in [0.15, 0.2) is 0 Å². The minimum absolute atomic E-state index is 0.117. The van der Waals surface area contributed by atoms with Crippen LogP contribution in [0, 0.1) is 12.0 Å². The fourth-order valence-corrected chi connectivity index (χ4v) is 0.821. The monoisotopic (exact) mass is 125 g/mol. The van der Waals surface area contributed by atoms with Crippen LogP contribution in [0.1, 0.15) is 13.8 Å². The van der Waals surface area contributed by atoms with E-state index < -0.39 is 0 Å². The van der Waals surface area contributed by atoms with Crippen molar-refractivity contribution < 1.29 is 4.74 Å². The van der Waals surface area contributed by atoms with Gasteiger partial charge in [-0.25, -0.2) is 6.57 Å². The SMILES string of the molecule is [C-]#[N+]C(C)C1(C)COC1. The van der Waals surface area contributed by atoms with E-state index >= 15 is 0 Å². The molecule has 50 valence electrons. The third-order valence-corrected chi connectivity index (χ3v) is 2.07. The van der Waals surface area contributed by atoms with Crippen LogP contribution >= 0.6 is 0 Å². The molecule has 2 heteroatoms. The molecule has 0 spiro atoms. The van der Waals surface area contributed by atoms with Crippen molar-refractivity contribution in [3.8, 4) is 0 Å². The Morgan fingerprint density at radius 2 is 2.22 bits per heavy atom. The van der Waals surface area contributed by atoms with Crippen molar-refractivity contribution in [1.29, 1.82) is 0 Å². The lowest BCUT2D eigenvalue weighted by Gasteiger charge is -2.36. The fourth-order valence-electron chi connectivity index (χ4n) is 0.821. The van der Waals surface area contributed by atoms with Crippen molar-refractivity contribution in [2.45, 2.75) is 19.9 Å². The summed E-state index contributed by atoms with van der Waals surface area (Å²) >= 11 is 0. The molecule has 2 nitrogen and oxygen atoms in total. The van der Waals surface area contributed by atoms with Crippen molar-refractivity contribution in [2.24, 2.45) is 5.41 Å². The van der Waals surface area contributed by atoms with E-state index in [-0.39, 0.29) is 11.5 Å². The van der Waals surface area contributed by atoms with Crippen LogP contribution in [0.3, 0.4) is 0 Å². The molecule has 1 saturated heterocycles. The molecule has 0 aromatic heterocycles. The molecule has 0 aliphatic carbocycles. The molecule has 1 aliphatic heterocycles. The summed E-state index contributed by atoms with van der Waals surface area (Å²) in [5.74, 6) is 0. The Balaban J connectivity index is 2.51. The maximum Gasteiger partial charge on any atom is 0.230 e. The third kappa shape index (κ3) is 0.927. The Morgan fingerprint density at radius 3 is 2.33 bits per heavy atom. The highest BCUT2D eigenvalue weighted by Crippen LogP contribution is 2.32. The third-order valence-electron chi connectivity index (χ3n) is 2.07. The largest absolute Gasteiger partial charge is 0.380 e. The van der Waals surface area contributed by atoms with E-state index in [1.54, 1.807) is 0 Å². The standard InChI is InChI=1S/C7H11NO/c1-6(8-3)7(2)4-9-5-7/h6H,4-5H2,1-2H3. The van der Waals surface area contributed by atoms with Crippen LogP contribution in [-0.4, -0.2) is 19.3 Å². The van der Waals surface area contributed by atoms with Crippen LogP contribution in [0.4, 0.5) is 0 Å². The van der Waals surface area contributed by atoms with Gasteiger partial charge < -0.3 is 9.58 Å². The van der Waals surface area contributed by atoms with E-state index in [1.165, 1.54) is 0 Å². The van der Waals surface area contributed by atoms with E-state index in [0.717, 1.165) is 13.2 Å². The normalized spacial score (nSPS) is 25.9. The predicted octanol–water partition coefficient (Wildman–Crippen LogP) is 1.33. The van der Waals surface area contributed by atoms with E-state index in [9.17, 15) is 0 Å². The molecule has 0 N–H and O–H groups in total. The molecular weight excluding hydrogens is 114 g/mol. The smallest absolute Gasteiger partial charge is 0.230 e. The lowest BCUT2D eigenvalue weighted by Crippen LogP contribution is -2.46. The number of hydrogen-bond donors (Lipinski definition) is 0. The van der Waals surface area contributed by atoms with Crippen molar-refractivity contribution >= 4 is 0 Å². The maximum atomic E-state index is 6.77. The van der Waals surface area contributed by atoms with Gasteiger partial charge in [0.25, 0.3) is 0 Å². The van der Waals surface area contributed by atoms with Crippen molar-refractivity contribution in [2.75, 3.05) is 13.2 Å². The maximum absolute atomic E-state index is 6.77. The number of rotatable bonds is 1. The van der Waals surface area contributed by atoms with E-state index in [0.29, 0.717) is 0 Å². The highest BCUT2D eigenvalue weighted by molar-refractivity contribution is 4.95. The van der Waals surface area contributed by atoms with Gasteiger partial charge in [0.15, 0.2) is 0 Å². The lowest BCUT2D eigenvalue weighted by atomic mass is 9.82. The first-order valence-corrected chi connectivity index (χ1v) is 3.13. The van der Waals surface area contributed by atoms with Crippen LogP contribution in [-0.2, 0) is 4.74 Å². The van der Waals surface area contributed by atoms with Gasteiger partial charge >= 0.3 is 0 Å². The van der Waals surface area contributed by atoms with Crippen molar-refractivity contribution in [1.82, 2.24) is 0 Å². The van der Waals surface area contributed by atoms with Crippen LogP contribution in [0.2, 0.25) is 0 Å². The Bertz CT molecular complexity index is 143. The van der Waals surface area contributed by atoms with Gasteiger partial charge in [-0.05, 0) is 6.92 Å². The summed E-state index contributed by atoms with van der Waals surface area (Å²) < 4.78 is 5.02. The summed E-state index contributed by atoms with van der Waals surface area (Å²) in [6, 6.07) is 0.117. The van der Waals surface area contributed by atoms with Gasteiger partial charge in [0.2, 0.25) is 6.04 Å². The van der Waals surface area contributed by atoms with Gasteiger partial charge in [0.05, 0.1) is 18.6 Å². The molecule has 1 fully saturated rings. The summed E-state index contributed by atoms with van der Waals surface area (Å²) in [5.41, 5.74) is 0.155. The quantitative estimate of drug-likeness (QED) is 0.482. The molecule has 1 unspecified atom stereocenters. The van der Waals surface area contributed by atoms with Gasteiger partial charge in [-0.1, -0.05) is 0 Å². The number of ether oxygens (including phenoxy) is 1. The highest BCUT2D eigenvalue weighted by Gasteiger charge is 2.43. The Kier molecular flexibility index (Phi) is 1.46. The second-order valence-electron chi connectivity index (χ2n) is 2.95. The molecule has 0 amide bonds. The van der Waals surface area contributed by atoms with E-state index in [2.05, 4.69) is 11.8 Å². The second kappa shape index (κ2) is 2.00. The zero-order chi connectivity index (χ0) is 6.91. The summed E-state index contributed by atoms with van der Waals surface area (Å²) in [4.78, 5) is 3.45. The second-order valence-corrected chi connectivity index (χ2v) is 2.95. The molecular formula is C7H11NO. The summed E-state index contributed by atoms with van der Waals surface area (Å²) in [6.07, 6.45) is 0. The first-order chi connectivity index (χ1) is 4.19. The minimum Gasteiger partial charge on any atom is -0.380 e. The van der Waals surface area contributed by atoms with Crippen molar-refractivity contribution in [3.05, 3.63) is 11.4 Å². The van der Waals surface area contributed by atoms with Gasteiger partial charge in [0, 0.05) is 6.92 Å². The topological polar surface area (TPSA) is 13.6 Å². The van der Waals surface area contributed by atoms with Gasteiger partial charge in [-0.2, -0.15) is 0 Å². The molecule has 0 saturated carbocycles. The van der Waals surface area contributed by atoms with Crippen LogP contribution in [0.25, 0.3) is 4.85 Å². The molecule has 9 heavy (non-hydrogen) atoms. The molecule has 1 rings (SSSR count). The summed E-state index contributed by atoms with van der Waals surface area (Å²) in [7, 11) is 0. The zero-order valence-electron chi connectivity index (χ0n) is 5.85. The van der Waals surface area contributed by atoms with Crippen LogP contribution < -0.4 is 0 Å². The Labute approximate surface area is 55.6 Å².